The molecule has 0 fully saturated rings. The lowest BCUT2D eigenvalue weighted by Crippen LogP contribution is -2.23. The Hall–Kier alpha value is -0.370. The lowest BCUT2D eigenvalue weighted by atomic mass is 10.3. The average molecular weight is 117 g/mol. The largest absolute Gasteiger partial charge is 0.322 e. The monoisotopic (exact) mass is 117 g/mol. The molecule has 0 radical (unpaired) electrons. The molecule has 0 heterocycles. The first-order valence-corrected chi connectivity index (χ1v) is 2.90. The van der Waals surface area contributed by atoms with Crippen LogP contribution in [0.15, 0.2) is 0 Å². The molecule has 2 N–H and O–H groups in total. The summed E-state index contributed by atoms with van der Waals surface area (Å²) in [6.45, 7) is 7.15. The van der Waals surface area contributed by atoms with Crippen molar-refractivity contribution in [2.24, 2.45) is 5.73 Å². The second-order valence-electron chi connectivity index (χ2n) is 1.40. The van der Waals surface area contributed by atoms with Crippen molar-refractivity contribution < 1.29 is 4.79 Å². The third kappa shape index (κ3) is 9.16. The molecule has 0 amide bonds. The molecule has 0 aromatic rings. The minimum Gasteiger partial charge on any atom is -0.322 e. The van der Waals surface area contributed by atoms with Crippen LogP contribution in [0.1, 0.15) is 27.7 Å². The zero-order chi connectivity index (χ0) is 7.15. The molecule has 1 unspecified atom stereocenters. The quantitative estimate of drug-likeness (QED) is 0.555. The molecule has 50 valence electrons. The lowest BCUT2D eigenvalue weighted by Gasteiger charge is -1.91. The van der Waals surface area contributed by atoms with Crippen LogP contribution in [0, 0.1) is 0 Å². The molecule has 0 aromatic carbocycles. The van der Waals surface area contributed by atoms with Crippen LogP contribution < -0.4 is 5.73 Å². The number of Topliss-reactive ketones (excluding diaryl/α,β-unsaturated/α-hetero) is 1. The fraction of sp³-hybridized carbons (Fsp3) is 0.833. The van der Waals surface area contributed by atoms with E-state index in [0.717, 1.165) is 0 Å². The van der Waals surface area contributed by atoms with Gasteiger partial charge in [-0.2, -0.15) is 0 Å². The number of hydrogen-bond acceptors (Lipinski definition) is 2. The van der Waals surface area contributed by atoms with Crippen LogP contribution in [0.2, 0.25) is 0 Å². The Morgan fingerprint density at radius 2 is 1.62 bits per heavy atom. The predicted molar refractivity (Wildman–Crippen MR) is 35.7 cm³/mol. The van der Waals surface area contributed by atoms with E-state index >= 15 is 0 Å². The molecular weight excluding hydrogens is 102 g/mol. The SMILES string of the molecule is CC.CC(=O)C(C)N. The van der Waals surface area contributed by atoms with E-state index in [4.69, 9.17) is 5.73 Å². The van der Waals surface area contributed by atoms with Crippen molar-refractivity contribution in [1.82, 2.24) is 0 Å². The maximum atomic E-state index is 10.0. The molecule has 0 saturated heterocycles. The van der Waals surface area contributed by atoms with Crippen LogP contribution >= 0.6 is 0 Å². The molecule has 2 nitrogen and oxygen atoms in total. The Balaban J connectivity index is 0. The molecule has 0 aliphatic carbocycles. The highest BCUT2D eigenvalue weighted by atomic mass is 16.1. The number of carbonyl (C=O) groups excluding carboxylic acids is 1. The summed E-state index contributed by atoms with van der Waals surface area (Å²) in [5.74, 6) is 0.0370. The van der Waals surface area contributed by atoms with Gasteiger partial charge in [-0.3, -0.25) is 4.79 Å². The van der Waals surface area contributed by atoms with Crippen molar-refractivity contribution in [2.75, 3.05) is 0 Å². The predicted octanol–water partition coefficient (Wildman–Crippen LogP) is 0.949. The summed E-state index contributed by atoms with van der Waals surface area (Å²) in [5, 5.41) is 0. The fourth-order valence-corrected chi connectivity index (χ4v) is 0. The van der Waals surface area contributed by atoms with Crippen LogP contribution in [0.5, 0.6) is 0 Å². The van der Waals surface area contributed by atoms with Crippen molar-refractivity contribution in [1.29, 1.82) is 0 Å². The third-order valence-electron chi connectivity index (χ3n) is 0.641. The first-order valence-electron chi connectivity index (χ1n) is 2.90. The second-order valence-corrected chi connectivity index (χ2v) is 1.40. The number of rotatable bonds is 1. The average Bonchev–Trinajstić information content (AvgIpc) is 1.72. The zero-order valence-electron chi connectivity index (χ0n) is 6.06. The fourth-order valence-electron chi connectivity index (χ4n) is 0. The van der Waals surface area contributed by atoms with Crippen molar-refractivity contribution >= 4 is 5.78 Å². The van der Waals surface area contributed by atoms with Gasteiger partial charge in [0.2, 0.25) is 0 Å². The van der Waals surface area contributed by atoms with Gasteiger partial charge in [0.25, 0.3) is 0 Å². The van der Waals surface area contributed by atoms with Gasteiger partial charge in [-0.15, -0.1) is 0 Å². The molecular formula is C6H15NO. The summed E-state index contributed by atoms with van der Waals surface area (Å²) in [6.07, 6.45) is 0. The number of ketones is 1. The van der Waals surface area contributed by atoms with Crippen molar-refractivity contribution in [3.05, 3.63) is 0 Å². The Morgan fingerprint density at radius 1 is 1.50 bits per heavy atom. The molecule has 0 saturated carbocycles. The lowest BCUT2D eigenvalue weighted by molar-refractivity contribution is -0.117. The summed E-state index contributed by atoms with van der Waals surface area (Å²) in [7, 11) is 0. The van der Waals surface area contributed by atoms with Gasteiger partial charge >= 0.3 is 0 Å². The summed E-state index contributed by atoms with van der Waals surface area (Å²) < 4.78 is 0. The molecule has 0 aliphatic heterocycles. The van der Waals surface area contributed by atoms with Gasteiger partial charge in [-0.25, -0.2) is 0 Å². The van der Waals surface area contributed by atoms with Crippen molar-refractivity contribution in [3.63, 3.8) is 0 Å². The highest BCUT2D eigenvalue weighted by Gasteiger charge is 1.95. The molecule has 8 heavy (non-hydrogen) atoms. The van der Waals surface area contributed by atoms with E-state index < -0.39 is 0 Å². The van der Waals surface area contributed by atoms with Gasteiger partial charge in [0, 0.05) is 0 Å². The van der Waals surface area contributed by atoms with Crippen LogP contribution in [0.4, 0.5) is 0 Å². The van der Waals surface area contributed by atoms with Crippen molar-refractivity contribution in [2.45, 2.75) is 33.7 Å². The minimum atomic E-state index is -0.287. The number of nitrogens with two attached hydrogens (primary N) is 1. The molecule has 0 spiro atoms. The molecule has 0 bridgehead atoms. The third-order valence-corrected chi connectivity index (χ3v) is 0.641. The molecule has 1 atom stereocenters. The van der Waals surface area contributed by atoms with Gasteiger partial charge in [0.15, 0.2) is 0 Å². The van der Waals surface area contributed by atoms with Crippen LogP contribution in [-0.2, 0) is 4.79 Å². The summed E-state index contributed by atoms with van der Waals surface area (Å²) in [6, 6.07) is -0.287. The normalized spacial score (nSPS) is 11.1. The topological polar surface area (TPSA) is 43.1 Å². The van der Waals surface area contributed by atoms with Gasteiger partial charge < -0.3 is 5.73 Å². The van der Waals surface area contributed by atoms with E-state index in [1.807, 2.05) is 13.8 Å². The maximum Gasteiger partial charge on any atom is 0.146 e. The Labute approximate surface area is 51.1 Å². The number of carbonyl (C=O) groups is 1. The standard InChI is InChI=1S/C4H9NO.C2H6/c1-3(5)4(2)6;1-2/h3H,5H2,1-2H3;1-2H3. The highest BCUT2D eigenvalue weighted by Crippen LogP contribution is 1.72. The smallest absolute Gasteiger partial charge is 0.146 e. The summed E-state index contributed by atoms with van der Waals surface area (Å²) in [4.78, 5) is 10.0. The zero-order valence-corrected chi connectivity index (χ0v) is 6.06. The molecule has 0 rings (SSSR count). The summed E-state index contributed by atoms with van der Waals surface area (Å²) >= 11 is 0. The Bertz CT molecular complexity index is 59.5. The van der Waals surface area contributed by atoms with E-state index in [9.17, 15) is 4.79 Å². The van der Waals surface area contributed by atoms with Crippen LogP contribution in [0.25, 0.3) is 0 Å². The molecule has 0 aliphatic rings. The first-order chi connectivity index (χ1) is 3.64. The second kappa shape index (κ2) is 6.63. The van der Waals surface area contributed by atoms with E-state index in [2.05, 4.69) is 0 Å². The molecule has 0 aromatic heterocycles. The van der Waals surface area contributed by atoms with Gasteiger partial charge in [-0.1, -0.05) is 13.8 Å². The highest BCUT2D eigenvalue weighted by molar-refractivity contribution is 5.80. The van der Waals surface area contributed by atoms with E-state index in [1.165, 1.54) is 6.92 Å². The minimum absolute atomic E-state index is 0.0370. The number of hydrogen-bond donors (Lipinski definition) is 1. The first kappa shape index (κ1) is 10.6. The van der Waals surface area contributed by atoms with Crippen LogP contribution in [-0.4, -0.2) is 11.8 Å². The summed E-state index contributed by atoms with van der Waals surface area (Å²) in [5.41, 5.74) is 5.09. The van der Waals surface area contributed by atoms with E-state index in [0.29, 0.717) is 0 Å². The van der Waals surface area contributed by atoms with Gasteiger partial charge in [-0.05, 0) is 13.8 Å². The van der Waals surface area contributed by atoms with Crippen LogP contribution in [0.3, 0.4) is 0 Å². The Kier molecular flexibility index (Phi) is 8.77. The maximum absolute atomic E-state index is 10.0. The molecule has 2 heteroatoms. The van der Waals surface area contributed by atoms with E-state index in [-0.39, 0.29) is 11.8 Å². The van der Waals surface area contributed by atoms with Gasteiger partial charge in [0.05, 0.1) is 6.04 Å². The van der Waals surface area contributed by atoms with E-state index in [1.54, 1.807) is 6.92 Å². The Morgan fingerprint density at radius 3 is 1.62 bits per heavy atom. The van der Waals surface area contributed by atoms with Crippen molar-refractivity contribution in [3.8, 4) is 0 Å². The van der Waals surface area contributed by atoms with Gasteiger partial charge in [0.1, 0.15) is 5.78 Å².